The molecule has 152 valence electrons. The molecule has 0 spiro atoms. The van der Waals surface area contributed by atoms with Crippen LogP contribution in [-0.4, -0.2) is 49.7 Å². The molecule has 6 N–H and O–H groups in total. The van der Waals surface area contributed by atoms with Gasteiger partial charge in [0.2, 0.25) is 0 Å². The lowest BCUT2D eigenvalue weighted by molar-refractivity contribution is 0.0959. The van der Waals surface area contributed by atoms with E-state index in [9.17, 15) is 13.8 Å². The van der Waals surface area contributed by atoms with Crippen molar-refractivity contribution in [2.45, 2.75) is 4.90 Å². The summed E-state index contributed by atoms with van der Waals surface area (Å²) in [5, 5.41) is 7.47. The Labute approximate surface area is 164 Å². The smallest absolute Gasteiger partial charge is 0.421 e. The van der Waals surface area contributed by atoms with Crippen LogP contribution in [0.2, 0.25) is 0 Å². The van der Waals surface area contributed by atoms with Crippen molar-refractivity contribution in [1.29, 1.82) is 0 Å². The standard InChI is InChI=1S/C17H23N5O5S/c1-19-14-6-2-5-13-12(14)4-3-7-15(13)28(25)21-9-8-20-16(23)26-10-11-27-17(24)22-18/h2-7,19,21H,8-11,18H2,1H3,(H,20,23)(H,22,24). The van der Waals surface area contributed by atoms with Gasteiger partial charge in [-0.25, -0.2) is 24.4 Å². The Kier molecular flexibility index (Phi) is 8.46. The second kappa shape index (κ2) is 11.1. The molecule has 0 bridgehead atoms. The second-order valence-electron chi connectivity index (χ2n) is 5.41. The zero-order valence-corrected chi connectivity index (χ0v) is 16.1. The summed E-state index contributed by atoms with van der Waals surface area (Å²) in [6.07, 6.45) is -1.49. The van der Waals surface area contributed by atoms with Crippen molar-refractivity contribution in [2.75, 3.05) is 38.7 Å². The third kappa shape index (κ3) is 6.08. The van der Waals surface area contributed by atoms with Gasteiger partial charge in [-0.2, -0.15) is 0 Å². The van der Waals surface area contributed by atoms with E-state index in [-0.39, 0.29) is 26.3 Å². The molecular formula is C17H23N5O5S. The fourth-order valence-corrected chi connectivity index (χ4v) is 3.43. The molecule has 0 saturated heterocycles. The molecule has 11 heteroatoms. The van der Waals surface area contributed by atoms with E-state index < -0.39 is 23.2 Å². The largest absolute Gasteiger partial charge is 0.446 e. The number of anilines is 1. The van der Waals surface area contributed by atoms with E-state index in [0.717, 1.165) is 16.5 Å². The van der Waals surface area contributed by atoms with Gasteiger partial charge in [0, 0.05) is 36.6 Å². The Hall–Kier alpha value is -2.89. The van der Waals surface area contributed by atoms with Gasteiger partial charge in [-0.05, 0) is 12.1 Å². The first-order valence-corrected chi connectivity index (χ1v) is 9.60. The van der Waals surface area contributed by atoms with Crippen LogP contribution in [-0.2, 0) is 20.5 Å². The van der Waals surface area contributed by atoms with Crippen LogP contribution in [0.3, 0.4) is 0 Å². The molecule has 0 aromatic heterocycles. The van der Waals surface area contributed by atoms with Gasteiger partial charge in [-0.3, -0.25) is 5.43 Å². The summed E-state index contributed by atoms with van der Waals surface area (Å²) < 4.78 is 24.8. The molecule has 0 aliphatic heterocycles. The molecule has 0 radical (unpaired) electrons. The maximum Gasteiger partial charge on any atom is 0.421 e. The lowest BCUT2D eigenvalue weighted by Gasteiger charge is -2.11. The molecular weight excluding hydrogens is 386 g/mol. The van der Waals surface area contributed by atoms with Crippen molar-refractivity contribution in [3.05, 3.63) is 36.4 Å². The van der Waals surface area contributed by atoms with Gasteiger partial charge in [0.05, 0.1) is 4.90 Å². The summed E-state index contributed by atoms with van der Waals surface area (Å²) in [4.78, 5) is 22.9. The first-order valence-electron chi connectivity index (χ1n) is 8.45. The van der Waals surface area contributed by atoms with E-state index in [0.29, 0.717) is 4.90 Å². The van der Waals surface area contributed by atoms with Gasteiger partial charge in [0.1, 0.15) is 24.2 Å². The van der Waals surface area contributed by atoms with Crippen LogP contribution < -0.4 is 26.6 Å². The summed E-state index contributed by atoms with van der Waals surface area (Å²) in [6.45, 7) is 0.258. The fraction of sp³-hybridized carbons (Fsp3) is 0.294. The summed E-state index contributed by atoms with van der Waals surface area (Å²) in [5.74, 6) is 4.83. The predicted octanol–water partition coefficient (Wildman–Crippen LogP) is 0.820. The van der Waals surface area contributed by atoms with Gasteiger partial charge < -0.3 is 20.1 Å². The average Bonchev–Trinajstić information content (AvgIpc) is 2.72. The van der Waals surface area contributed by atoms with E-state index in [2.05, 4.69) is 20.1 Å². The van der Waals surface area contributed by atoms with Crippen molar-refractivity contribution in [3.63, 3.8) is 0 Å². The summed E-state index contributed by atoms with van der Waals surface area (Å²) >= 11 is 0. The quantitative estimate of drug-likeness (QED) is 0.178. The first-order chi connectivity index (χ1) is 13.6. The van der Waals surface area contributed by atoms with E-state index in [1.807, 2.05) is 37.4 Å². The highest BCUT2D eigenvalue weighted by molar-refractivity contribution is 7.83. The number of carbonyl (C=O) groups is 2. The zero-order valence-electron chi connectivity index (χ0n) is 15.3. The maximum absolute atomic E-state index is 12.6. The molecule has 0 aliphatic rings. The Morgan fingerprint density at radius 2 is 1.68 bits per heavy atom. The molecule has 2 rings (SSSR count). The van der Waals surface area contributed by atoms with Gasteiger partial charge in [0.25, 0.3) is 0 Å². The minimum absolute atomic E-state index is 0.109. The lowest BCUT2D eigenvalue weighted by Crippen LogP contribution is -2.34. The van der Waals surface area contributed by atoms with Crippen LogP contribution in [0.1, 0.15) is 0 Å². The first kappa shape index (κ1) is 21.4. The number of carbonyl (C=O) groups excluding carboxylic acids is 2. The SMILES string of the molecule is CNc1cccc2c(S(=O)NCCNC(=O)OCCOC(=O)NN)cccc12. The van der Waals surface area contributed by atoms with Crippen LogP contribution in [0.25, 0.3) is 10.8 Å². The molecule has 0 fully saturated rings. The molecule has 1 unspecified atom stereocenters. The number of alkyl carbamates (subject to hydrolysis) is 1. The van der Waals surface area contributed by atoms with Crippen molar-refractivity contribution < 1.29 is 23.3 Å². The van der Waals surface area contributed by atoms with Gasteiger partial charge in [0.15, 0.2) is 0 Å². The maximum atomic E-state index is 12.6. The number of hydrogen-bond acceptors (Lipinski definition) is 7. The Morgan fingerprint density at radius 3 is 2.39 bits per heavy atom. The van der Waals surface area contributed by atoms with Crippen LogP contribution >= 0.6 is 0 Å². The molecule has 1 atom stereocenters. The highest BCUT2D eigenvalue weighted by atomic mass is 32.2. The van der Waals surface area contributed by atoms with Crippen molar-refractivity contribution in [2.24, 2.45) is 5.84 Å². The molecule has 2 aromatic carbocycles. The molecule has 2 amide bonds. The number of amides is 2. The van der Waals surface area contributed by atoms with Gasteiger partial charge >= 0.3 is 12.2 Å². The predicted molar refractivity (Wildman–Crippen MR) is 106 cm³/mol. The summed E-state index contributed by atoms with van der Waals surface area (Å²) in [7, 11) is 0.392. The topological polar surface area (TPSA) is 144 Å². The van der Waals surface area contributed by atoms with Crippen LogP contribution in [0.15, 0.2) is 41.3 Å². The average molecular weight is 409 g/mol. The number of fused-ring (bicyclic) bond motifs is 1. The molecule has 0 saturated carbocycles. The lowest BCUT2D eigenvalue weighted by atomic mass is 10.1. The summed E-state index contributed by atoms with van der Waals surface area (Å²) in [5.41, 5.74) is 2.73. The number of hydrazine groups is 1. The van der Waals surface area contributed by atoms with E-state index in [1.54, 1.807) is 11.5 Å². The Morgan fingerprint density at radius 1 is 1.00 bits per heavy atom. The Bertz CT molecular complexity index is 848. The third-order valence-corrected chi connectivity index (χ3v) is 4.87. The minimum Gasteiger partial charge on any atom is -0.446 e. The Balaban J connectivity index is 1.77. The van der Waals surface area contributed by atoms with Crippen LogP contribution in [0.4, 0.5) is 15.3 Å². The zero-order chi connectivity index (χ0) is 20.4. The number of rotatable bonds is 9. The van der Waals surface area contributed by atoms with Crippen molar-refractivity contribution in [3.8, 4) is 0 Å². The number of nitrogens with one attached hydrogen (secondary N) is 4. The van der Waals surface area contributed by atoms with Crippen molar-refractivity contribution >= 4 is 39.6 Å². The van der Waals surface area contributed by atoms with Gasteiger partial charge in [-0.1, -0.05) is 24.3 Å². The van der Waals surface area contributed by atoms with E-state index in [1.165, 1.54) is 0 Å². The van der Waals surface area contributed by atoms with Gasteiger partial charge in [-0.15, -0.1) is 0 Å². The number of hydrogen-bond donors (Lipinski definition) is 5. The second-order valence-corrected chi connectivity index (χ2v) is 6.68. The van der Waals surface area contributed by atoms with Crippen LogP contribution in [0, 0.1) is 0 Å². The fourth-order valence-electron chi connectivity index (χ4n) is 2.41. The number of nitrogens with two attached hydrogens (primary N) is 1. The van der Waals surface area contributed by atoms with E-state index >= 15 is 0 Å². The summed E-state index contributed by atoms with van der Waals surface area (Å²) in [6, 6.07) is 11.4. The molecule has 0 aliphatic carbocycles. The third-order valence-electron chi connectivity index (χ3n) is 3.65. The monoisotopic (exact) mass is 409 g/mol. The molecule has 2 aromatic rings. The highest BCUT2D eigenvalue weighted by Crippen LogP contribution is 2.27. The number of ether oxygens (including phenoxy) is 2. The molecule has 10 nitrogen and oxygen atoms in total. The van der Waals surface area contributed by atoms with Crippen LogP contribution in [0.5, 0.6) is 0 Å². The normalized spacial score (nSPS) is 11.5. The minimum atomic E-state index is -1.44. The molecule has 28 heavy (non-hydrogen) atoms. The highest BCUT2D eigenvalue weighted by Gasteiger charge is 2.10. The van der Waals surface area contributed by atoms with Crippen molar-refractivity contribution in [1.82, 2.24) is 15.5 Å². The van der Waals surface area contributed by atoms with E-state index in [4.69, 9.17) is 10.6 Å². The number of benzene rings is 2. The molecule has 0 heterocycles.